The van der Waals surface area contributed by atoms with Gasteiger partial charge >= 0.3 is 5.97 Å². The molecule has 0 saturated heterocycles. The standard InChI is InChI=1S/C14H20BrNO4S/c1-14(2,3)16(10-13(17)18)8-9-21(19,20)12-6-4-11(15)5-7-12/h4-7H,8-10H2,1-3H3,(H,17,18). The molecule has 0 saturated carbocycles. The van der Waals surface area contributed by atoms with E-state index >= 15 is 0 Å². The van der Waals surface area contributed by atoms with Crippen LogP contribution in [0.2, 0.25) is 0 Å². The van der Waals surface area contributed by atoms with Crippen LogP contribution >= 0.6 is 15.9 Å². The van der Waals surface area contributed by atoms with Crippen molar-refractivity contribution in [2.75, 3.05) is 18.8 Å². The van der Waals surface area contributed by atoms with Crippen LogP contribution in [-0.4, -0.2) is 48.8 Å². The van der Waals surface area contributed by atoms with E-state index in [2.05, 4.69) is 15.9 Å². The van der Waals surface area contributed by atoms with E-state index in [0.717, 1.165) is 4.47 Å². The number of carboxylic acids is 1. The minimum Gasteiger partial charge on any atom is -0.480 e. The molecule has 1 aromatic rings. The van der Waals surface area contributed by atoms with Crippen LogP contribution in [0, 0.1) is 0 Å². The zero-order valence-electron chi connectivity index (χ0n) is 12.3. The van der Waals surface area contributed by atoms with Gasteiger partial charge in [0.2, 0.25) is 0 Å². The van der Waals surface area contributed by atoms with Gasteiger partial charge in [0.05, 0.1) is 17.2 Å². The molecule has 0 aliphatic carbocycles. The van der Waals surface area contributed by atoms with Gasteiger partial charge in [-0.3, -0.25) is 9.69 Å². The highest BCUT2D eigenvalue weighted by atomic mass is 79.9. The Kier molecular flexibility index (Phi) is 5.95. The molecular weight excluding hydrogens is 358 g/mol. The molecule has 21 heavy (non-hydrogen) atoms. The molecule has 1 aromatic carbocycles. The second-order valence-corrected chi connectivity index (χ2v) is 8.78. The average Bonchev–Trinajstić information content (AvgIpc) is 2.33. The van der Waals surface area contributed by atoms with Gasteiger partial charge in [0.1, 0.15) is 0 Å². The van der Waals surface area contributed by atoms with Crippen LogP contribution in [0.1, 0.15) is 20.8 Å². The molecule has 0 aliphatic rings. The number of benzene rings is 1. The van der Waals surface area contributed by atoms with Gasteiger partial charge in [0, 0.05) is 16.6 Å². The Morgan fingerprint density at radius 3 is 2.19 bits per heavy atom. The lowest BCUT2D eigenvalue weighted by Crippen LogP contribution is -2.46. The summed E-state index contributed by atoms with van der Waals surface area (Å²) < 4.78 is 25.4. The number of halogens is 1. The summed E-state index contributed by atoms with van der Waals surface area (Å²) in [4.78, 5) is 12.8. The second-order valence-electron chi connectivity index (χ2n) is 5.76. The number of carboxylic acid groups (broad SMARTS) is 1. The van der Waals surface area contributed by atoms with Crippen molar-refractivity contribution < 1.29 is 18.3 Å². The molecular formula is C14H20BrNO4S. The molecule has 0 amide bonds. The average molecular weight is 378 g/mol. The third kappa shape index (κ3) is 5.76. The van der Waals surface area contributed by atoms with Crippen LogP contribution in [0.15, 0.2) is 33.6 Å². The van der Waals surface area contributed by atoms with Crippen molar-refractivity contribution >= 4 is 31.7 Å². The van der Waals surface area contributed by atoms with Gasteiger partial charge in [0.25, 0.3) is 0 Å². The van der Waals surface area contributed by atoms with Gasteiger partial charge in [-0.05, 0) is 45.0 Å². The van der Waals surface area contributed by atoms with Gasteiger partial charge in [-0.25, -0.2) is 8.42 Å². The summed E-state index contributed by atoms with van der Waals surface area (Å²) in [6.45, 7) is 5.58. The maximum absolute atomic E-state index is 12.3. The number of nitrogens with zero attached hydrogens (tertiary/aromatic N) is 1. The van der Waals surface area contributed by atoms with Gasteiger partial charge < -0.3 is 5.11 Å². The lowest BCUT2D eigenvalue weighted by Gasteiger charge is -2.34. The van der Waals surface area contributed by atoms with E-state index in [1.54, 1.807) is 17.0 Å². The quantitative estimate of drug-likeness (QED) is 0.823. The van der Waals surface area contributed by atoms with E-state index in [9.17, 15) is 13.2 Å². The van der Waals surface area contributed by atoms with Crippen molar-refractivity contribution in [3.63, 3.8) is 0 Å². The van der Waals surface area contributed by atoms with Crippen molar-refractivity contribution in [2.45, 2.75) is 31.2 Å². The van der Waals surface area contributed by atoms with E-state index in [1.807, 2.05) is 20.8 Å². The zero-order chi connectivity index (χ0) is 16.3. The van der Waals surface area contributed by atoms with E-state index in [4.69, 9.17) is 5.11 Å². The third-order valence-electron chi connectivity index (χ3n) is 3.08. The SMILES string of the molecule is CC(C)(C)N(CCS(=O)(=O)c1ccc(Br)cc1)CC(=O)O. The van der Waals surface area contributed by atoms with E-state index in [1.165, 1.54) is 12.1 Å². The minimum atomic E-state index is -3.42. The Labute approximate surface area is 134 Å². The Morgan fingerprint density at radius 2 is 1.76 bits per heavy atom. The van der Waals surface area contributed by atoms with Crippen molar-refractivity contribution in [3.05, 3.63) is 28.7 Å². The lowest BCUT2D eigenvalue weighted by molar-refractivity contribution is -0.139. The molecule has 0 unspecified atom stereocenters. The second kappa shape index (κ2) is 6.89. The first-order chi connectivity index (χ1) is 9.52. The number of aliphatic carboxylic acids is 1. The first-order valence-corrected chi connectivity index (χ1v) is 8.92. The fourth-order valence-electron chi connectivity index (χ4n) is 1.81. The van der Waals surface area contributed by atoms with Crippen LogP contribution < -0.4 is 0 Å². The number of hydrogen-bond acceptors (Lipinski definition) is 4. The predicted molar refractivity (Wildman–Crippen MR) is 85.2 cm³/mol. The van der Waals surface area contributed by atoms with Crippen LogP contribution in [0.5, 0.6) is 0 Å². The van der Waals surface area contributed by atoms with E-state index in [0.29, 0.717) is 0 Å². The van der Waals surface area contributed by atoms with Crippen molar-refractivity contribution in [1.29, 1.82) is 0 Å². The number of hydrogen-bond donors (Lipinski definition) is 1. The molecule has 0 atom stereocenters. The molecule has 0 aliphatic heterocycles. The van der Waals surface area contributed by atoms with Gasteiger partial charge in [-0.15, -0.1) is 0 Å². The van der Waals surface area contributed by atoms with Crippen LogP contribution in [0.25, 0.3) is 0 Å². The summed E-state index contributed by atoms with van der Waals surface area (Å²) in [5.41, 5.74) is -0.409. The highest BCUT2D eigenvalue weighted by Gasteiger charge is 2.25. The summed E-state index contributed by atoms with van der Waals surface area (Å²) in [7, 11) is -3.42. The number of sulfone groups is 1. The molecule has 0 bridgehead atoms. The summed E-state index contributed by atoms with van der Waals surface area (Å²) in [5, 5.41) is 8.93. The smallest absolute Gasteiger partial charge is 0.317 e. The molecule has 5 nitrogen and oxygen atoms in total. The normalized spacial score (nSPS) is 12.6. The van der Waals surface area contributed by atoms with Crippen LogP contribution in [-0.2, 0) is 14.6 Å². The van der Waals surface area contributed by atoms with Gasteiger partial charge in [-0.1, -0.05) is 15.9 Å². The summed E-state index contributed by atoms with van der Waals surface area (Å²) in [6, 6.07) is 6.42. The van der Waals surface area contributed by atoms with Gasteiger partial charge in [-0.2, -0.15) is 0 Å². The van der Waals surface area contributed by atoms with Crippen molar-refractivity contribution in [2.24, 2.45) is 0 Å². The lowest BCUT2D eigenvalue weighted by atomic mass is 10.1. The maximum Gasteiger partial charge on any atom is 0.317 e. The molecule has 0 heterocycles. The molecule has 0 fully saturated rings. The van der Waals surface area contributed by atoms with Crippen LogP contribution in [0.4, 0.5) is 0 Å². The fourth-order valence-corrected chi connectivity index (χ4v) is 3.32. The summed E-state index contributed by atoms with van der Waals surface area (Å²) in [6.07, 6.45) is 0. The fraction of sp³-hybridized carbons (Fsp3) is 0.500. The first kappa shape index (κ1) is 18.1. The Balaban J connectivity index is 2.83. The zero-order valence-corrected chi connectivity index (χ0v) is 14.7. The van der Waals surface area contributed by atoms with Crippen molar-refractivity contribution in [1.82, 2.24) is 4.90 Å². The molecule has 0 aromatic heterocycles. The van der Waals surface area contributed by atoms with Crippen molar-refractivity contribution in [3.8, 4) is 0 Å². The summed E-state index contributed by atoms with van der Waals surface area (Å²) in [5.74, 6) is -1.08. The predicted octanol–water partition coefficient (Wildman–Crippen LogP) is 2.41. The highest BCUT2D eigenvalue weighted by Crippen LogP contribution is 2.18. The number of carbonyl (C=O) groups is 1. The van der Waals surface area contributed by atoms with Gasteiger partial charge in [0.15, 0.2) is 9.84 Å². The van der Waals surface area contributed by atoms with E-state index in [-0.39, 0.29) is 23.7 Å². The molecule has 0 radical (unpaired) electrons. The highest BCUT2D eigenvalue weighted by molar-refractivity contribution is 9.10. The largest absolute Gasteiger partial charge is 0.480 e. The maximum atomic E-state index is 12.3. The Bertz CT molecular complexity index is 590. The topological polar surface area (TPSA) is 74.7 Å². The molecule has 7 heteroatoms. The Hall–Kier alpha value is -0.920. The van der Waals surface area contributed by atoms with Crippen LogP contribution in [0.3, 0.4) is 0 Å². The summed E-state index contributed by atoms with van der Waals surface area (Å²) >= 11 is 3.26. The molecule has 0 spiro atoms. The molecule has 118 valence electrons. The number of rotatable bonds is 6. The molecule has 1 rings (SSSR count). The molecule has 1 N–H and O–H groups in total. The Morgan fingerprint density at radius 1 is 1.24 bits per heavy atom. The van der Waals surface area contributed by atoms with E-state index < -0.39 is 21.3 Å². The monoisotopic (exact) mass is 377 g/mol. The minimum absolute atomic E-state index is 0.112. The third-order valence-corrected chi connectivity index (χ3v) is 5.32. The first-order valence-electron chi connectivity index (χ1n) is 6.47.